The predicted molar refractivity (Wildman–Crippen MR) is 83.1 cm³/mol. The molecule has 0 saturated heterocycles. The van der Waals surface area contributed by atoms with Crippen LogP contribution in [0.5, 0.6) is 5.75 Å². The zero-order valence-corrected chi connectivity index (χ0v) is 13.9. The van der Waals surface area contributed by atoms with Crippen LogP contribution in [0.3, 0.4) is 0 Å². The number of halogens is 1. The van der Waals surface area contributed by atoms with E-state index >= 15 is 0 Å². The summed E-state index contributed by atoms with van der Waals surface area (Å²) in [4.78, 5) is 24.6. The molecule has 0 fully saturated rings. The molecule has 0 heterocycles. The van der Waals surface area contributed by atoms with Crippen LogP contribution in [0, 0.1) is 0 Å². The highest BCUT2D eigenvalue weighted by molar-refractivity contribution is 9.10. The molecule has 1 rings (SSSR count). The highest BCUT2D eigenvalue weighted by Crippen LogP contribution is 2.16. The third-order valence-electron chi connectivity index (χ3n) is 2.90. The first kappa shape index (κ1) is 17.5. The van der Waals surface area contributed by atoms with E-state index in [0.29, 0.717) is 26.0 Å². The predicted octanol–water partition coefficient (Wildman–Crippen LogP) is 2.63. The fraction of sp³-hybridized carbons (Fsp3) is 0.467. The summed E-state index contributed by atoms with van der Waals surface area (Å²) in [6, 6.07) is 7.52. The molecule has 0 aliphatic carbocycles. The average Bonchev–Trinajstić information content (AvgIpc) is 2.50. The molecule has 1 aromatic rings. The molecule has 0 aromatic heterocycles. The molecule has 116 valence electrons. The number of hydrogen-bond donors (Lipinski definition) is 0. The van der Waals surface area contributed by atoms with E-state index in [4.69, 9.17) is 4.74 Å². The summed E-state index contributed by atoms with van der Waals surface area (Å²) in [6.45, 7) is 2.78. The van der Waals surface area contributed by atoms with Crippen molar-refractivity contribution in [1.82, 2.24) is 4.90 Å². The molecule has 1 aromatic carbocycles. The molecule has 0 spiro atoms. The van der Waals surface area contributed by atoms with Gasteiger partial charge in [-0.2, -0.15) is 0 Å². The van der Waals surface area contributed by atoms with Crippen LogP contribution in [-0.4, -0.2) is 43.6 Å². The minimum atomic E-state index is -0.406. The molecular weight excluding hydrogens is 338 g/mol. The Hall–Kier alpha value is -1.56. The van der Waals surface area contributed by atoms with Crippen molar-refractivity contribution in [1.29, 1.82) is 0 Å². The van der Waals surface area contributed by atoms with Crippen LogP contribution >= 0.6 is 15.9 Å². The van der Waals surface area contributed by atoms with Crippen molar-refractivity contribution in [3.8, 4) is 5.75 Å². The van der Waals surface area contributed by atoms with Crippen molar-refractivity contribution < 1.29 is 19.1 Å². The Labute approximate surface area is 133 Å². The molecule has 6 heteroatoms. The molecule has 0 aliphatic rings. The van der Waals surface area contributed by atoms with Crippen molar-refractivity contribution in [2.24, 2.45) is 0 Å². The van der Waals surface area contributed by atoms with Crippen molar-refractivity contribution in [2.75, 3.05) is 26.8 Å². The zero-order valence-electron chi connectivity index (χ0n) is 12.3. The van der Waals surface area contributed by atoms with E-state index < -0.39 is 5.97 Å². The molecular formula is C15H20BrNO4. The number of carbonyl (C=O) groups excluding carboxylic acids is 2. The Kier molecular flexibility index (Phi) is 7.82. The summed E-state index contributed by atoms with van der Waals surface area (Å²) in [5.74, 6) is 0.297. The molecule has 0 N–H and O–H groups in total. The number of carbonyl (C=O) groups is 2. The van der Waals surface area contributed by atoms with E-state index in [0.717, 1.165) is 10.2 Å². The maximum atomic E-state index is 11.9. The van der Waals surface area contributed by atoms with Gasteiger partial charge in [0.05, 0.1) is 13.7 Å². The molecule has 0 saturated carbocycles. The SMILES string of the molecule is CCN(CC(=O)OC)C(=O)CCCOc1ccc(Br)cc1. The standard InChI is InChI=1S/C15H20BrNO4/c1-3-17(11-15(19)20-2)14(18)5-4-10-21-13-8-6-12(16)7-9-13/h6-9H,3-5,10-11H2,1-2H3. The van der Waals surface area contributed by atoms with E-state index in [9.17, 15) is 9.59 Å². The Morgan fingerprint density at radius 3 is 2.48 bits per heavy atom. The maximum absolute atomic E-state index is 11.9. The van der Waals surface area contributed by atoms with Gasteiger partial charge in [-0.25, -0.2) is 0 Å². The summed E-state index contributed by atoms with van der Waals surface area (Å²) in [6.07, 6.45) is 0.952. The van der Waals surface area contributed by atoms with Gasteiger partial charge in [-0.1, -0.05) is 15.9 Å². The quantitative estimate of drug-likeness (QED) is 0.530. The zero-order chi connectivity index (χ0) is 15.7. The normalized spacial score (nSPS) is 10.0. The Morgan fingerprint density at radius 2 is 1.90 bits per heavy atom. The molecule has 0 unspecified atom stereocenters. The summed E-state index contributed by atoms with van der Waals surface area (Å²) < 4.78 is 11.1. The first-order valence-corrected chi connectivity index (χ1v) is 7.59. The smallest absolute Gasteiger partial charge is 0.325 e. The second-order valence-electron chi connectivity index (χ2n) is 4.39. The van der Waals surface area contributed by atoms with E-state index in [1.165, 1.54) is 12.0 Å². The Balaban J connectivity index is 2.28. The number of amides is 1. The van der Waals surface area contributed by atoms with E-state index in [1.54, 1.807) is 0 Å². The van der Waals surface area contributed by atoms with Gasteiger partial charge in [0, 0.05) is 17.4 Å². The number of nitrogens with zero attached hydrogens (tertiary/aromatic N) is 1. The largest absolute Gasteiger partial charge is 0.494 e. The van der Waals surface area contributed by atoms with Crippen LogP contribution in [0.25, 0.3) is 0 Å². The van der Waals surface area contributed by atoms with Crippen molar-refractivity contribution in [2.45, 2.75) is 19.8 Å². The number of esters is 1. The van der Waals surface area contributed by atoms with Crippen LogP contribution < -0.4 is 4.74 Å². The first-order chi connectivity index (χ1) is 10.1. The highest BCUT2D eigenvalue weighted by Gasteiger charge is 2.15. The van der Waals surface area contributed by atoms with E-state index in [2.05, 4.69) is 20.7 Å². The Bertz CT molecular complexity index is 461. The topological polar surface area (TPSA) is 55.8 Å². The fourth-order valence-corrected chi connectivity index (χ4v) is 1.96. The van der Waals surface area contributed by atoms with Crippen molar-refractivity contribution in [3.63, 3.8) is 0 Å². The molecule has 0 aliphatic heterocycles. The molecule has 5 nitrogen and oxygen atoms in total. The highest BCUT2D eigenvalue weighted by atomic mass is 79.9. The Morgan fingerprint density at radius 1 is 1.24 bits per heavy atom. The lowest BCUT2D eigenvalue weighted by molar-refractivity contribution is -0.146. The van der Waals surface area contributed by atoms with Crippen molar-refractivity contribution in [3.05, 3.63) is 28.7 Å². The van der Waals surface area contributed by atoms with Gasteiger partial charge in [-0.05, 0) is 37.6 Å². The maximum Gasteiger partial charge on any atom is 0.325 e. The van der Waals surface area contributed by atoms with Gasteiger partial charge in [0.1, 0.15) is 12.3 Å². The lowest BCUT2D eigenvalue weighted by atomic mass is 10.3. The van der Waals surface area contributed by atoms with Crippen LogP contribution in [-0.2, 0) is 14.3 Å². The lowest BCUT2D eigenvalue weighted by Crippen LogP contribution is -2.36. The minimum absolute atomic E-state index is 0.000593. The molecule has 21 heavy (non-hydrogen) atoms. The first-order valence-electron chi connectivity index (χ1n) is 6.79. The third kappa shape index (κ3) is 6.62. The summed E-state index contributed by atoms with van der Waals surface area (Å²) >= 11 is 3.35. The number of rotatable bonds is 8. The van der Waals surface area contributed by atoms with E-state index in [-0.39, 0.29) is 12.5 Å². The number of hydrogen-bond acceptors (Lipinski definition) is 4. The third-order valence-corrected chi connectivity index (χ3v) is 3.43. The number of ether oxygens (including phenoxy) is 2. The van der Waals surface area contributed by atoms with Gasteiger partial charge in [0.2, 0.25) is 5.91 Å². The molecule has 0 radical (unpaired) electrons. The van der Waals surface area contributed by atoms with Gasteiger partial charge < -0.3 is 14.4 Å². The van der Waals surface area contributed by atoms with Crippen LogP contribution in [0.15, 0.2) is 28.7 Å². The van der Waals surface area contributed by atoms with Crippen LogP contribution in [0.1, 0.15) is 19.8 Å². The average molecular weight is 358 g/mol. The van der Waals surface area contributed by atoms with Crippen molar-refractivity contribution >= 4 is 27.8 Å². The molecule has 0 bridgehead atoms. The monoisotopic (exact) mass is 357 g/mol. The number of methoxy groups -OCH3 is 1. The summed E-state index contributed by atoms with van der Waals surface area (Å²) in [7, 11) is 1.31. The van der Waals surface area contributed by atoms with Gasteiger partial charge >= 0.3 is 5.97 Å². The summed E-state index contributed by atoms with van der Waals surface area (Å²) in [5.41, 5.74) is 0. The fourth-order valence-electron chi connectivity index (χ4n) is 1.70. The summed E-state index contributed by atoms with van der Waals surface area (Å²) in [5, 5.41) is 0. The van der Waals surface area contributed by atoms with Crippen LogP contribution in [0.2, 0.25) is 0 Å². The molecule has 1 amide bonds. The van der Waals surface area contributed by atoms with Gasteiger partial charge in [0.25, 0.3) is 0 Å². The van der Waals surface area contributed by atoms with Crippen LogP contribution in [0.4, 0.5) is 0 Å². The molecule has 0 atom stereocenters. The van der Waals surface area contributed by atoms with Gasteiger partial charge in [0.15, 0.2) is 0 Å². The number of likely N-dealkylation sites (N-methyl/N-ethyl adjacent to an activating group) is 1. The van der Waals surface area contributed by atoms with Gasteiger partial charge in [-0.3, -0.25) is 9.59 Å². The second kappa shape index (κ2) is 9.39. The van der Waals surface area contributed by atoms with Gasteiger partial charge in [-0.15, -0.1) is 0 Å². The second-order valence-corrected chi connectivity index (χ2v) is 5.31. The van der Waals surface area contributed by atoms with E-state index in [1.807, 2.05) is 31.2 Å². The lowest BCUT2D eigenvalue weighted by Gasteiger charge is -2.19. The minimum Gasteiger partial charge on any atom is -0.494 e. The number of benzene rings is 1.